The molecule has 2 rings (SSSR count). The van der Waals surface area contributed by atoms with Gasteiger partial charge in [-0.3, -0.25) is 4.68 Å². The van der Waals surface area contributed by atoms with Crippen LogP contribution >= 0.6 is 23.2 Å². The van der Waals surface area contributed by atoms with Crippen LogP contribution in [0.15, 0.2) is 18.2 Å². The number of para-hydroxylation sites is 1. The fourth-order valence-corrected chi connectivity index (χ4v) is 2.50. The van der Waals surface area contributed by atoms with Crippen LogP contribution in [0.2, 0.25) is 5.02 Å². The van der Waals surface area contributed by atoms with Crippen LogP contribution in [0.3, 0.4) is 0 Å². The molecule has 0 atom stereocenters. The fraction of sp³-hybridized carbons (Fsp3) is 0.400. The van der Waals surface area contributed by atoms with Gasteiger partial charge in [-0.2, -0.15) is 5.10 Å². The SMILES string of the molecule is CCOc1cccc(CCl)c1OCc1c(Cl)c(C)nn1C. The van der Waals surface area contributed by atoms with Crippen molar-refractivity contribution in [3.8, 4) is 11.5 Å². The predicted octanol–water partition coefficient (Wildman–Crippen LogP) is 4.10. The third kappa shape index (κ3) is 3.44. The fourth-order valence-electron chi connectivity index (χ4n) is 2.08. The second-order valence-electron chi connectivity index (χ2n) is 4.57. The van der Waals surface area contributed by atoms with Crippen molar-refractivity contribution in [1.29, 1.82) is 0 Å². The number of ether oxygens (including phenoxy) is 2. The summed E-state index contributed by atoms with van der Waals surface area (Å²) < 4.78 is 13.2. The highest BCUT2D eigenvalue weighted by molar-refractivity contribution is 6.31. The van der Waals surface area contributed by atoms with E-state index in [-0.39, 0.29) is 0 Å². The van der Waals surface area contributed by atoms with Crippen LogP contribution in [-0.4, -0.2) is 16.4 Å². The minimum Gasteiger partial charge on any atom is -0.490 e. The molecule has 1 aromatic heterocycles. The van der Waals surface area contributed by atoms with Gasteiger partial charge in [0.25, 0.3) is 0 Å². The summed E-state index contributed by atoms with van der Waals surface area (Å²) in [5, 5.41) is 4.90. The van der Waals surface area contributed by atoms with E-state index in [0.717, 1.165) is 17.0 Å². The first kappa shape index (κ1) is 16.0. The molecule has 0 aliphatic heterocycles. The molecule has 21 heavy (non-hydrogen) atoms. The molecule has 0 unspecified atom stereocenters. The van der Waals surface area contributed by atoms with Crippen molar-refractivity contribution in [3.05, 3.63) is 40.2 Å². The predicted molar refractivity (Wildman–Crippen MR) is 84.5 cm³/mol. The summed E-state index contributed by atoms with van der Waals surface area (Å²) in [7, 11) is 1.84. The zero-order chi connectivity index (χ0) is 15.4. The maximum absolute atomic E-state index is 6.23. The lowest BCUT2D eigenvalue weighted by molar-refractivity contribution is 0.261. The molecule has 0 saturated heterocycles. The Labute approximate surface area is 134 Å². The number of benzene rings is 1. The van der Waals surface area contributed by atoms with Gasteiger partial charge in [-0.15, -0.1) is 11.6 Å². The third-order valence-corrected chi connectivity index (χ3v) is 3.90. The van der Waals surface area contributed by atoms with Crippen molar-refractivity contribution in [2.24, 2.45) is 7.05 Å². The maximum Gasteiger partial charge on any atom is 0.166 e. The van der Waals surface area contributed by atoms with Gasteiger partial charge in [0.2, 0.25) is 0 Å². The van der Waals surface area contributed by atoms with Gasteiger partial charge >= 0.3 is 0 Å². The Morgan fingerprint density at radius 3 is 2.62 bits per heavy atom. The van der Waals surface area contributed by atoms with Crippen molar-refractivity contribution < 1.29 is 9.47 Å². The topological polar surface area (TPSA) is 36.3 Å². The van der Waals surface area contributed by atoms with Crippen molar-refractivity contribution in [2.45, 2.75) is 26.3 Å². The molecule has 6 heteroatoms. The van der Waals surface area contributed by atoms with E-state index in [1.54, 1.807) is 4.68 Å². The molecular formula is C15H18Cl2N2O2. The summed E-state index contributed by atoms with van der Waals surface area (Å²) in [5.74, 6) is 1.70. The Balaban J connectivity index is 2.26. The van der Waals surface area contributed by atoms with E-state index in [1.165, 1.54) is 0 Å². The number of nitrogens with zero attached hydrogens (tertiary/aromatic N) is 2. The van der Waals surface area contributed by atoms with Gasteiger partial charge < -0.3 is 9.47 Å². The second-order valence-corrected chi connectivity index (χ2v) is 5.21. The van der Waals surface area contributed by atoms with Crippen LogP contribution < -0.4 is 9.47 Å². The molecular weight excluding hydrogens is 311 g/mol. The van der Waals surface area contributed by atoms with E-state index >= 15 is 0 Å². The lowest BCUT2D eigenvalue weighted by Crippen LogP contribution is -2.06. The smallest absolute Gasteiger partial charge is 0.166 e. The van der Waals surface area contributed by atoms with E-state index in [4.69, 9.17) is 32.7 Å². The zero-order valence-corrected chi connectivity index (χ0v) is 13.8. The first-order valence-corrected chi connectivity index (χ1v) is 7.61. The Morgan fingerprint density at radius 2 is 2.05 bits per heavy atom. The molecule has 0 radical (unpaired) electrons. The highest BCUT2D eigenvalue weighted by atomic mass is 35.5. The van der Waals surface area contributed by atoms with Gasteiger partial charge in [0.05, 0.1) is 28.9 Å². The maximum atomic E-state index is 6.23. The molecule has 4 nitrogen and oxygen atoms in total. The van der Waals surface area contributed by atoms with Crippen LogP contribution in [0.1, 0.15) is 23.9 Å². The van der Waals surface area contributed by atoms with Gasteiger partial charge in [0, 0.05) is 12.6 Å². The van der Waals surface area contributed by atoms with E-state index in [0.29, 0.717) is 35.6 Å². The van der Waals surface area contributed by atoms with Crippen LogP contribution in [0, 0.1) is 6.92 Å². The van der Waals surface area contributed by atoms with Crippen molar-refractivity contribution in [3.63, 3.8) is 0 Å². The minimum atomic E-state index is 0.310. The first-order valence-electron chi connectivity index (χ1n) is 6.69. The van der Waals surface area contributed by atoms with E-state index in [9.17, 15) is 0 Å². The Kier molecular flexibility index (Phi) is 5.37. The summed E-state index contributed by atoms with van der Waals surface area (Å²) in [4.78, 5) is 0. The summed E-state index contributed by atoms with van der Waals surface area (Å²) in [6, 6.07) is 5.68. The Hall–Kier alpha value is -1.39. The number of hydrogen-bond donors (Lipinski definition) is 0. The lowest BCUT2D eigenvalue weighted by Gasteiger charge is -2.15. The normalized spacial score (nSPS) is 10.7. The van der Waals surface area contributed by atoms with Crippen molar-refractivity contribution in [1.82, 2.24) is 9.78 Å². The van der Waals surface area contributed by atoms with Crippen LogP contribution in [0.5, 0.6) is 11.5 Å². The molecule has 0 N–H and O–H groups in total. The van der Waals surface area contributed by atoms with Crippen LogP contribution in [0.25, 0.3) is 0 Å². The summed E-state index contributed by atoms with van der Waals surface area (Å²) in [6.45, 7) is 4.67. The molecule has 0 fully saturated rings. The largest absolute Gasteiger partial charge is 0.490 e. The van der Waals surface area contributed by atoms with E-state index in [2.05, 4.69) is 5.10 Å². The van der Waals surface area contributed by atoms with Crippen LogP contribution in [-0.2, 0) is 19.5 Å². The summed E-state index contributed by atoms with van der Waals surface area (Å²) in [6.07, 6.45) is 0. The molecule has 0 bridgehead atoms. The van der Waals surface area contributed by atoms with Gasteiger partial charge in [0.1, 0.15) is 6.61 Å². The molecule has 2 aromatic rings. The minimum absolute atomic E-state index is 0.310. The molecule has 0 saturated carbocycles. The monoisotopic (exact) mass is 328 g/mol. The highest BCUT2D eigenvalue weighted by Crippen LogP contribution is 2.33. The van der Waals surface area contributed by atoms with Crippen molar-refractivity contribution >= 4 is 23.2 Å². The number of halogens is 2. The van der Waals surface area contributed by atoms with Crippen LogP contribution in [0.4, 0.5) is 0 Å². The average molecular weight is 329 g/mol. The number of aromatic nitrogens is 2. The second kappa shape index (κ2) is 7.05. The van der Waals surface area contributed by atoms with E-state index in [1.807, 2.05) is 39.1 Å². The number of hydrogen-bond acceptors (Lipinski definition) is 3. The number of alkyl halides is 1. The van der Waals surface area contributed by atoms with E-state index < -0.39 is 0 Å². The number of rotatable bonds is 6. The molecule has 0 spiro atoms. The summed E-state index contributed by atoms with van der Waals surface area (Å²) in [5.41, 5.74) is 2.49. The molecule has 1 heterocycles. The first-order chi connectivity index (χ1) is 10.1. The molecule has 0 amide bonds. The quantitative estimate of drug-likeness (QED) is 0.749. The molecule has 0 aliphatic carbocycles. The molecule has 1 aromatic carbocycles. The average Bonchev–Trinajstić information content (AvgIpc) is 2.71. The standard InChI is InChI=1S/C15H18Cl2N2O2/c1-4-20-13-7-5-6-11(8-16)15(13)21-9-12-14(17)10(2)18-19(12)3/h5-7H,4,8-9H2,1-3H3. The van der Waals surface area contributed by atoms with Gasteiger partial charge in [0.15, 0.2) is 11.5 Å². The Bertz CT molecular complexity index is 626. The van der Waals surface area contributed by atoms with Crippen molar-refractivity contribution in [2.75, 3.05) is 6.61 Å². The zero-order valence-electron chi connectivity index (χ0n) is 12.3. The molecule has 114 valence electrons. The highest BCUT2D eigenvalue weighted by Gasteiger charge is 2.15. The Morgan fingerprint density at radius 1 is 1.29 bits per heavy atom. The third-order valence-electron chi connectivity index (χ3n) is 3.12. The van der Waals surface area contributed by atoms with Gasteiger partial charge in [-0.25, -0.2) is 0 Å². The van der Waals surface area contributed by atoms with Gasteiger partial charge in [-0.1, -0.05) is 23.7 Å². The summed E-state index contributed by atoms with van der Waals surface area (Å²) >= 11 is 12.2. The molecule has 0 aliphatic rings. The van der Waals surface area contributed by atoms with Gasteiger partial charge in [-0.05, 0) is 19.9 Å². The lowest BCUT2D eigenvalue weighted by atomic mass is 10.2. The number of aryl methyl sites for hydroxylation is 2.